The molecule has 0 atom stereocenters. The number of nitrogens with zero attached hydrogens (tertiary/aromatic N) is 3. The number of rotatable bonds is 8. The van der Waals surface area contributed by atoms with Gasteiger partial charge in [0.25, 0.3) is 0 Å². The van der Waals surface area contributed by atoms with Crippen molar-refractivity contribution in [3.8, 4) is 0 Å². The fraction of sp³-hybridized carbons (Fsp3) is 0.591. The van der Waals surface area contributed by atoms with E-state index in [4.69, 9.17) is 11.6 Å². The van der Waals surface area contributed by atoms with Crippen LogP contribution in [0.15, 0.2) is 18.2 Å². The monoisotopic (exact) mass is 451 g/mol. The molecule has 1 fully saturated rings. The Kier molecular flexibility index (Phi) is 9.43. The lowest BCUT2D eigenvalue weighted by Gasteiger charge is -2.36. The molecule has 0 saturated carbocycles. The maximum atomic E-state index is 12.5. The predicted octanol–water partition coefficient (Wildman–Crippen LogP) is 3.17. The van der Waals surface area contributed by atoms with E-state index in [0.29, 0.717) is 49.9 Å². The van der Waals surface area contributed by atoms with Crippen LogP contribution >= 0.6 is 11.6 Å². The molecule has 0 spiro atoms. The summed E-state index contributed by atoms with van der Waals surface area (Å²) in [4.78, 5) is 42.3. The second-order valence-electron chi connectivity index (χ2n) is 7.96. The van der Waals surface area contributed by atoms with Gasteiger partial charge in [0.2, 0.25) is 11.8 Å². The molecule has 1 heterocycles. The molecular formula is C22H34ClN5O3. The first-order valence-corrected chi connectivity index (χ1v) is 11.3. The van der Waals surface area contributed by atoms with E-state index in [1.807, 2.05) is 37.8 Å². The van der Waals surface area contributed by atoms with E-state index < -0.39 is 0 Å². The Morgan fingerprint density at radius 2 is 1.81 bits per heavy atom. The van der Waals surface area contributed by atoms with Gasteiger partial charge in [-0.05, 0) is 38.5 Å². The molecule has 0 bridgehead atoms. The van der Waals surface area contributed by atoms with Crippen LogP contribution in [0, 0.1) is 0 Å². The fourth-order valence-electron chi connectivity index (χ4n) is 3.46. The maximum Gasteiger partial charge on any atom is 0.317 e. The zero-order valence-corrected chi connectivity index (χ0v) is 19.7. The molecule has 0 aliphatic carbocycles. The summed E-state index contributed by atoms with van der Waals surface area (Å²) < 4.78 is 0. The third-order valence-electron chi connectivity index (χ3n) is 5.05. The zero-order valence-electron chi connectivity index (χ0n) is 18.9. The predicted molar refractivity (Wildman–Crippen MR) is 125 cm³/mol. The van der Waals surface area contributed by atoms with Crippen LogP contribution in [0.4, 0.5) is 16.2 Å². The second kappa shape index (κ2) is 11.8. The van der Waals surface area contributed by atoms with Crippen molar-refractivity contribution in [1.29, 1.82) is 0 Å². The van der Waals surface area contributed by atoms with Crippen molar-refractivity contribution in [2.24, 2.45) is 0 Å². The van der Waals surface area contributed by atoms with Gasteiger partial charge in [-0.25, -0.2) is 4.79 Å². The first-order valence-electron chi connectivity index (χ1n) is 10.9. The van der Waals surface area contributed by atoms with E-state index in [1.54, 1.807) is 17.9 Å². The quantitative estimate of drug-likeness (QED) is 0.635. The molecular weight excluding hydrogens is 418 g/mol. The SMILES string of the molecule is CCCN(CC(=O)Nc1cc(N2CCN(C(=O)NC(C)C)CC2)ccc1Cl)C(=O)CC. The highest BCUT2D eigenvalue weighted by atomic mass is 35.5. The number of carbonyl (C=O) groups is 3. The summed E-state index contributed by atoms with van der Waals surface area (Å²) in [6.07, 6.45) is 1.15. The van der Waals surface area contributed by atoms with E-state index in [2.05, 4.69) is 15.5 Å². The van der Waals surface area contributed by atoms with Crippen LogP contribution in [0.2, 0.25) is 5.02 Å². The second-order valence-corrected chi connectivity index (χ2v) is 8.37. The smallest absolute Gasteiger partial charge is 0.317 e. The summed E-state index contributed by atoms with van der Waals surface area (Å²) in [6.45, 7) is 10.8. The van der Waals surface area contributed by atoms with Gasteiger partial charge in [0.1, 0.15) is 0 Å². The number of hydrogen-bond acceptors (Lipinski definition) is 4. The molecule has 0 radical (unpaired) electrons. The number of nitrogens with one attached hydrogen (secondary N) is 2. The minimum Gasteiger partial charge on any atom is -0.368 e. The fourth-order valence-corrected chi connectivity index (χ4v) is 3.63. The molecule has 1 aliphatic rings. The number of hydrogen-bond donors (Lipinski definition) is 2. The van der Waals surface area contributed by atoms with E-state index in [1.165, 1.54) is 0 Å². The minimum absolute atomic E-state index is 0.00467. The van der Waals surface area contributed by atoms with E-state index in [-0.39, 0.29) is 30.4 Å². The summed E-state index contributed by atoms with van der Waals surface area (Å²) >= 11 is 6.30. The molecule has 1 saturated heterocycles. The number of halogens is 1. The Balaban J connectivity index is 2.00. The van der Waals surface area contributed by atoms with Gasteiger partial charge in [-0.1, -0.05) is 25.4 Å². The molecule has 2 N–H and O–H groups in total. The third kappa shape index (κ3) is 7.31. The normalized spacial score (nSPS) is 13.9. The van der Waals surface area contributed by atoms with Crippen LogP contribution in [0.25, 0.3) is 0 Å². The highest BCUT2D eigenvalue weighted by Crippen LogP contribution is 2.28. The van der Waals surface area contributed by atoms with Crippen LogP contribution in [-0.2, 0) is 9.59 Å². The van der Waals surface area contributed by atoms with Crippen molar-refractivity contribution in [2.75, 3.05) is 49.5 Å². The van der Waals surface area contributed by atoms with Crippen molar-refractivity contribution < 1.29 is 14.4 Å². The number of urea groups is 1. The van der Waals surface area contributed by atoms with Crippen molar-refractivity contribution in [1.82, 2.24) is 15.1 Å². The Morgan fingerprint density at radius 3 is 2.39 bits per heavy atom. The molecule has 0 unspecified atom stereocenters. The van der Waals surface area contributed by atoms with Gasteiger partial charge in [-0.15, -0.1) is 0 Å². The van der Waals surface area contributed by atoms with E-state index >= 15 is 0 Å². The van der Waals surface area contributed by atoms with Gasteiger partial charge in [0.05, 0.1) is 17.3 Å². The highest BCUT2D eigenvalue weighted by Gasteiger charge is 2.22. The summed E-state index contributed by atoms with van der Waals surface area (Å²) in [5.41, 5.74) is 1.45. The molecule has 4 amide bonds. The minimum atomic E-state index is -0.274. The topological polar surface area (TPSA) is 85.0 Å². The first-order chi connectivity index (χ1) is 14.7. The lowest BCUT2D eigenvalue weighted by atomic mass is 10.2. The molecule has 0 aromatic heterocycles. The Morgan fingerprint density at radius 1 is 1.13 bits per heavy atom. The standard InChI is InChI=1S/C22H34ClN5O3/c1-5-9-28(21(30)6-2)15-20(29)25-19-14-17(7-8-18(19)23)26-10-12-27(13-11-26)22(31)24-16(3)4/h7-8,14,16H,5-6,9-13,15H2,1-4H3,(H,24,31)(H,25,29). The zero-order chi connectivity index (χ0) is 23.0. The summed E-state index contributed by atoms with van der Waals surface area (Å²) in [7, 11) is 0. The number of carbonyl (C=O) groups excluding carboxylic acids is 3. The average Bonchev–Trinajstić information content (AvgIpc) is 2.74. The number of piperazine rings is 1. The van der Waals surface area contributed by atoms with Crippen molar-refractivity contribution in [2.45, 2.75) is 46.6 Å². The van der Waals surface area contributed by atoms with Gasteiger partial charge in [0.15, 0.2) is 0 Å². The number of benzene rings is 1. The van der Waals surface area contributed by atoms with Crippen LogP contribution < -0.4 is 15.5 Å². The van der Waals surface area contributed by atoms with Gasteiger partial charge >= 0.3 is 6.03 Å². The van der Waals surface area contributed by atoms with Crippen LogP contribution in [-0.4, -0.2) is 73.0 Å². The highest BCUT2D eigenvalue weighted by molar-refractivity contribution is 6.33. The van der Waals surface area contributed by atoms with Gasteiger partial charge in [-0.3, -0.25) is 9.59 Å². The van der Waals surface area contributed by atoms with Gasteiger partial charge in [-0.2, -0.15) is 0 Å². The molecule has 1 aromatic rings. The molecule has 172 valence electrons. The molecule has 31 heavy (non-hydrogen) atoms. The van der Waals surface area contributed by atoms with Crippen molar-refractivity contribution in [3.63, 3.8) is 0 Å². The maximum absolute atomic E-state index is 12.5. The lowest BCUT2D eigenvalue weighted by Crippen LogP contribution is -2.52. The van der Waals surface area contributed by atoms with E-state index in [0.717, 1.165) is 12.1 Å². The van der Waals surface area contributed by atoms with Crippen molar-refractivity contribution in [3.05, 3.63) is 23.2 Å². The molecule has 2 rings (SSSR count). The summed E-state index contributed by atoms with van der Waals surface area (Å²) in [5.74, 6) is -0.319. The van der Waals surface area contributed by atoms with Gasteiger partial charge in [0, 0.05) is 50.9 Å². The molecule has 1 aromatic carbocycles. The molecule has 1 aliphatic heterocycles. The Labute approximate surface area is 189 Å². The largest absolute Gasteiger partial charge is 0.368 e. The molecule has 9 heteroatoms. The van der Waals surface area contributed by atoms with Crippen molar-refractivity contribution >= 4 is 40.8 Å². The Hall–Kier alpha value is -2.48. The van der Waals surface area contributed by atoms with Gasteiger partial charge < -0.3 is 25.3 Å². The summed E-state index contributed by atoms with van der Waals surface area (Å²) in [5, 5.41) is 6.20. The first kappa shape index (κ1) is 24.8. The van der Waals surface area contributed by atoms with Crippen LogP contribution in [0.1, 0.15) is 40.5 Å². The number of amides is 4. The Bertz CT molecular complexity index is 778. The molecule has 8 nitrogen and oxygen atoms in total. The third-order valence-corrected chi connectivity index (χ3v) is 5.38. The summed E-state index contributed by atoms with van der Waals surface area (Å²) in [6, 6.07) is 5.57. The van der Waals surface area contributed by atoms with Crippen LogP contribution in [0.5, 0.6) is 0 Å². The van der Waals surface area contributed by atoms with Crippen LogP contribution in [0.3, 0.4) is 0 Å². The lowest BCUT2D eigenvalue weighted by molar-refractivity contribution is -0.134. The number of anilines is 2. The van der Waals surface area contributed by atoms with E-state index in [9.17, 15) is 14.4 Å². The average molecular weight is 452 g/mol.